The lowest BCUT2D eigenvalue weighted by atomic mass is 10.0. The van der Waals surface area contributed by atoms with Crippen LogP contribution in [0.2, 0.25) is 0 Å². The molecule has 1 heterocycles. The maximum Gasteiger partial charge on any atom is 0.260 e. The number of ether oxygens (including phenoxy) is 1. The number of aromatic nitrogens is 2. The molecule has 2 N–H and O–H groups in total. The average Bonchev–Trinajstić information content (AvgIpc) is 3.05. The largest absolute Gasteiger partial charge is 0.366 e. The maximum atomic E-state index is 12.7. The van der Waals surface area contributed by atoms with Gasteiger partial charge in [-0.3, -0.25) is 14.6 Å². The number of nitrogens with one attached hydrogen (secondary N) is 2. The quantitative estimate of drug-likeness (QED) is 0.485. The van der Waals surface area contributed by atoms with Crippen LogP contribution in [0.15, 0.2) is 54.7 Å². The fourth-order valence-electron chi connectivity index (χ4n) is 2.71. The molecule has 0 bridgehead atoms. The molecule has 0 spiro atoms. The zero-order chi connectivity index (χ0) is 21.0. The van der Waals surface area contributed by atoms with Crippen molar-refractivity contribution in [2.45, 2.75) is 19.4 Å². The van der Waals surface area contributed by atoms with Gasteiger partial charge in [0.2, 0.25) is 0 Å². The molecule has 0 aliphatic heterocycles. The van der Waals surface area contributed by atoms with E-state index in [1.807, 2.05) is 62.4 Å². The first kappa shape index (κ1) is 20.6. The highest BCUT2D eigenvalue weighted by atomic mass is 32.1. The van der Waals surface area contributed by atoms with Crippen molar-refractivity contribution in [3.8, 4) is 23.0 Å². The Labute approximate surface area is 175 Å². The van der Waals surface area contributed by atoms with Gasteiger partial charge in [-0.25, -0.2) is 0 Å². The molecule has 3 aromatic rings. The molecule has 148 valence electrons. The highest BCUT2D eigenvalue weighted by Crippen LogP contribution is 2.28. The molecule has 0 unspecified atom stereocenters. The van der Waals surface area contributed by atoms with Crippen LogP contribution in [0.3, 0.4) is 0 Å². The minimum absolute atomic E-state index is 0.247. The lowest BCUT2D eigenvalue weighted by molar-refractivity contribution is 0.0741. The zero-order valence-electron chi connectivity index (χ0n) is 16.9. The SMILES string of the molecule is COC(C)(C)C#Cc1ccc(-c2ccccc2NC(=O)c2cn(C)[nH]c2=S)cc1. The lowest BCUT2D eigenvalue weighted by Crippen LogP contribution is -2.19. The Balaban J connectivity index is 1.86. The van der Waals surface area contributed by atoms with Crippen molar-refractivity contribution in [2.24, 2.45) is 7.05 Å². The summed E-state index contributed by atoms with van der Waals surface area (Å²) in [7, 11) is 3.43. The van der Waals surface area contributed by atoms with Gasteiger partial charge in [0.05, 0.1) is 5.56 Å². The highest BCUT2D eigenvalue weighted by Gasteiger charge is 2.13. The minimum Gasteiger partial charge on any atom is -0.366 e. The Morgan fingerprint density at radius 1 is 1.17 bits per heavy atom. The molecule has 5 nitrogen and oxygen atoms in total. The lowest BCUT2D eigenvalue weighted by Gasteiger charge is -2.14. The summed E-state index contributed by atoms with van der Waals surface area (Å²) in [6.45, 7) is 3.85. The second kappa shape index (κ2) is 8.48. The van der Waals surface area contributed by atoms with Gasteiger partial charge in [-0.2, -0.15) is 0 Å². The first-order valence-corrected chi connectivity index (χ1v) is 9.55. The van der Waals surface area contributed by atoms with Crippen LogP contribution < -0.4 is 5.32 Å². The van der Waals surface area contributed by atoms with Crippen LogP contribution in [0, 0.1) is 16.5 Å². The summed E-state index contributed by atoms with van der Waals surface area (Å²) in [4.78, 5) is 12.7. The van der Waals surface area contributed by atoms with Crippen molar-refractivity contribution < 1.29 is 9.53 Å². The molecular formula is C23H23N3O2S. The van der Waals surface area contributed by atoms with Crippen LogP contribution in [0.25, 0.3) is 11.1 Å². The number of hydrogen-bond acceptors (Lipinski definition) is 3. The summed E-state index contributed by atoms with van der Waals surface area (Å²) >= 11 is 5.21. The van der Waals surface area contributed by atoms with E-state index in [0.717, 1.165) is 22.4 Å². The predicted octanol–water partition coefficient (Wildman–Crippen LogP) is 4.78. The summed E-state index contributed by atoms with van der Waals surface area (Å²) in [6.07, 6.45) is 1.68. The van der Waals surface area contributed by atoms with Crippen molar-refractivity contribution in [2.75, 3.05) is 12.4 Å². The van der Waals surface area contributed by atoms with Crippen molar-refractivity contribution in [1.82, 2.24) is 9.78 Å². The molecular weight excluding hydrogens is 382 g/mol. The number of carbonyl (C=O) groups is 1. The van der Waals surface area contributed by atoms with Gasteiger partial charge >= 0.3 is 0 Å². The maximum absolute atomic E-state index is 12.7. The molecule has 0 fully saturated rings. The molecule has 29 heavy (non-hydrogen) atoms. The number of hydrogen-bond donors (Lipinski definition) is 2. The third-order valence-electron chi connectivity index (χ3n) is 4.48. The van der Waals surface area contributed by atoms with E-state index in [2.05, 4.69) is 22.3 Å². The molecule has 1 amide bonds. The van der Waals surface area contributed by atoms with E-state index in [9.17, 15) is 4.79 Å². The molecule has 0 aliphatic rings. The van der Waals surface area contributed by atoms with Gasteiger partial charge in [-0.15, -0.1) is 0 Å². The second-order valence-electron chi connectivity index (χ2n) is 7.14. The van der Waals surface area contributed by atoms with Crippen molar-refractivity contribution in [3.63, 3.8) is 0 Å². The van der Waals surface area contributed by atoms with Crippen LogP contribution >= 0.6 is 12.2 Å². The van der Waals surface area contributed by atoms with Gasteiger partial charge in [0, 0.05) is 37.2 Å². The summed E-state index contributed by atoms with van der Waals surface area (Å²) in [6, 6.07) is 15.6. The van der Waals surface area contributed by atoms with Crippen LogP contribution in [0.4, 0.5) is 5.69 Å². The molecule has 2 aromatic carbocycles. The topological polar surface area (TPSA) is 59.0 Å². The summed E-state index contributed by atoms with van der Waals surface area (Å²) in [5.74, 6) is 5.99. The number of nitrogens with zero attached hydrogens (tertiary/aromatic N) is 1. The third kappa shape index (κ3) is 5.02. The molecule has 0 saturated heterocycles. The van der Waals surface area contributed by atoms with E-state index in [1.54, 1.807) is 25.0 Å². The molecule has 6 heteroatoms. The van der Waals surface area contributed by atoms with Gasteiger partial charge < -0.3 is 10.1 Å². The number of carbonyl (C=O) groups excluding carboxylic acids is 1. The minimum atomic E-state index is -0.492. The molecule has 0 radical (unpaired) electrons. The first-order valence-electron chi connectivity index (χ1n) is 9.14. The third-order valence-corrected chi connectivity index (χ3v) is 4.79. The van der Waals surface area contributed by atoms with Gasteiger partial charge in [-0.05, 0) is 37.6 Å². The molecule has 0 saturated carbocycles. The van der Waals surface area contributed by atoms with E-state index >= 15 is 0 Å². The molecule has 3 rings (SSSR count). The van der Waals surface area contributed by atoms with E-state index in [0.29, 0.717) is 10.2 Å². The Kier molecular flexibility index (Phi) is 6.02. The van der Waals surface area contributed by atoms with Gasteiger partial charge in [0.1, 0.15) is 10.2 Å². The van der Waals surface area contributed by atoms with Crippen molar-refractivity contribution >= 4 is 23.8 Å². The Morgan fingerprint density at radius 3 is 2.48 bits per heavy atom. The summed E-state index contributed by atoms with van der Waals surface area (Å²) in [5, 5.41) is 5.87. The standard InChI is InChI=1S/C23H23N3O2S/c1-23(2,28-4)14-13-16-9-11-17(12-10-16)18-7-5-6-8-20(18)24-21(27)19-15-26(3)25-22(19)29/h5-12,15H,1-4H3,(H,24,27)(H,25,29). The zero-order valence-corrected chi connectivity index (χ0v) is 17.7. The first-order chi connectivity index (χ1) is 13.8. The van der Waals surface area contributed by atoms with E-state index in [-0.39, 0.29) is 5.91 Å². The number of methoxy groups -OCH3 is 1. The summed E-state index contributed by atoms with van der Waals surface area (Å²) in [5.41, 5.74) is 3.46. The summed E-state index contributed by atoms with van der Waals surface area (Å²) < 4.78 is 7.39. The van der Waals surface area contributed by atoms with Crippen molar-refractivity contribution in [1.29, 1.82) is 0 Å². The van der Waals surface area contributed by atoms with Crippen molar-refractivity contribution in [3.05, 3.63) is 70.5 Å². The van der Waals surface area contributed by atoms with E-state index in [1.165, 1.54) is 0 Å². The normalized spacial score (nSPS) is 10.9. The van der Waals surface area contributed by atoms with Crippen LogP contribution in [-0.2, 0) is 11.8 Å². The Morgan fingerprint density at radius 2 is 1.86 bits per heavy atom. The van der Waals surface area contributed by atoms with Crippen LogP contribution in [0.1, 0.15) is 29.8 Å². The molecule has 1 aromatic heterocycles. The van der Waals surface area contributed by atoms with Gasteiger partial charge in [0.15, 0.2) is 0 Å². The molecule has 0 atom stereocenters. The highest BCUT2D eigenvalue weighted by molar-refractivity contribution is 7.71. The number of rotatable bonds is 4. The van der Waals surface area contributed by atoms with E-state index in [4.69, 9.17) is 17.0 Å². The monoisotopic (exact) mass is 405 g/mol. The number of H-pyrrole nitrogens is 1. The number of aromatic amines is 1. The van der Waals surface area contributed by atoms with Crippen LogP contribution in [0.5, 0.6) is 0 Å². The van der Waals surface area contributed by atoms with Crippen LogP contribution in [-0.4, -0.2) is 28.4 Å². The second-order valence-corrected chi connectivity index (χ2v) is 7.54. The number of benzene rings is 2. The van der Waals surface area contributed by atoms with Gasteiger partial charge in [-0.1, -0.05) is 54.4 Å². The number of aryl methyl sites for hydroxylation is 1. The average molecular weight is 406 g/mol. The number of amides is 1. The number of anilines is 1. The fourth-order valence-corrected chi connectivity index (χ4v) is 3.00. The Bertz CT molecular complexity index is 1150. The predicted molar refractivity (Wildman–Crippen MR) is 118 cm³/mol. The van der Waals surface area contributed by atoms with Gasteiger partial charge in [0.25, 0.3) is 5.91 Å². The molecule has 0 aliphatic carbocycles. The fraction of sp³-hybridized carbons (Fsp3) is 0.217. The Hall–Kier alpha value is -3.14. The smallest absolute Gasteiger partial charge is 0.260 e. The number of para-hydroxylation sites is 1. The van der Waals surface area contributed by atoms with E-state index < -0.39 is 5.60 Å².